The van der Waals surface area contributed by atoms with Gasteiger partial charge < -0.3 is 24.6 Å². The van der Waals surface area contributed by atoms with E-state index >= 15 is 0 Å². The molecular formula is C20H20FN5O3. The van der Waals surface area contributed by atoms with E-state index in [1.807, 2.05) is 12.3 Å². The van der Waals surface area contributed by atoms with Crippen molar-refractivity contribution in [2.45, 2.75) is 26.3 Å². The fraction of sp³-hybridized carbons (Fsp3) is 0.300. The lowest BCUT2D eigenvalue weighted by Gasteiger charge is -2.26. The number of amides is 1. The number of aryl methyl sites for hydroxylation is 2. The summed E-state index contributed by atoms with van der Waals surface area (Å²) in [4.78, 5) is 31.6. The van der Waals surface area contributed by atoms with Crippen LogP contribution in [0, 0.1) is 22.9 Å². The lowest BCUT2D eigenvalue weighted by atomic mass is 9.99. The van der Waals surface area contributed by atoms with Crippen LogP contribution in [0.1, 0.15) is 24.2 Å². The zero-order valence-corrected chi connectivity index (χ0v) is 15.9. The van der Waals surface area contributed by atoms with Crippen LogP contribution in [0.3, 0.4) is 0 Å². The van der Waals surface area contributed by atoms with E-state index in [4.69, 9.17) is 0 Å². The minimum absolute atomic E-state index is 0.00273. The molecule has 1 aliphatic rings. The van der Waals surface area contributed by atoms with Gasteiger partial charge in [-0.15, -0.1) is 0 Å². The Bertz CT molecular complexity index is 1130. The number of aromatic amines is 1. The highest BCUT2D eigenvalue weighted by atomic mass is 19.1. The molecule has 0 spiro atoms. The molecule has 29 heavy (non-hydrogen) atoms. The summed E-state index contributed by atoms with van der Waals surface area (Å²) in [5.74, 6) is 0.0241. The van der Waals surface area contributed by atoms with Gasteiger partial charge in [0.05, 0.1) is 0 Å². The van der Waals surface area contributed by atoms with Crippen molar-refractivity contribution >= 4 is 28.2 Å². The topological polar surface area (TPSA) is 97.1 Å². The summed E-state index contributed by atoms with van der Waals surface area (Å²) >= 11 is 0. The van der Waals surface area contributed by atoms with E-state index in [9.17, 15) is 19.3 Å². The van der Waals surface area contributed by atoms with Crippen LogP contribution in [0.5, 0.6) is 0 Å². The monoisotopic (exact) mass is 397 g/mol. The molecule has 150 valence electrons. The number of nitrogens with one attached hydrogen (secondary N) is 1. The third-order valence-electron chi connectivity index (χ3n) is 5.27. The van der Waals surface area contributed by atoms with E-state index in [-0.39, 0.29) is 24.0 Å². The van der Waals surface area contributed by atoms with E-state index in [2.05, 4.69) is 9.97 Å². The Kier molecular flexibility index (Phi) is 4.87. The Morgan fingerprint density at radius 3 is 2.93 bits per heavy atom. The second-order valence-corrected chi connectivity index (χ2v) is 7.06. The Hall–Kier alpha value is -3.49. The van der Waals surface area contributed by atoms with Gasteiger partial charge in [0.1, 0.15) is 12.0 Å². The van der Waals surface area contributed by atoms with Gasteiger partial charge in [0, 0.05) is 55.6 Å². The molecule has 0 aliphatic carbocycles. The number of aromatic nitrogens is 3. The predicted octanol–water partition coefficient (Wildman–Crippen LogP) is 3.43. The molecule has 9 heteroatoms. The van der Waals surface area contributed by atoms with Crippen LogP contribution in [0.2, 0.25) is 0 Å². The largest absolute Gasteiger partial charge is 0.381 e. The number of imidazole rings is 1. The van der Waals surface area contributed by atoms with Gasteiger partial charge in [-0.2, -0.15) is 0 Å². The van der Waals surface area contributed by atoms with Crippen molar-refractivity contribution in [1.82, 2.24) is 19.4 Å². The molecule has 0 saturated heterocycles. The molecule has 0 saturated carbocycles. The second-order valence-electron chi connectivity index (χ2n) is 7.06. The van der Waals surface area contributed by atoms with Crippen molar-refractivity contribution < 1.29 is 14.1 Å². The lowest BCUT2D eigenvalue weighted by molar-refractivity contribution is -0.389. The van der Waals surface area contributed by atoms with Crippen LogP contribution >= 0.6 is 0 Å². The van der Waals surface area contributed by atoms with Crippen molar-refractivity contribution in [1.29, 1.82) is 0 Å². The zero-order chi connectivity index (χ0) is 20.5. The maximum atomic E-state index is 13.4. The molecule has 1 amide bonds. The fourth-order valence-electron chi connectivity index (χ4n) is 3.68. The average Bonchev–Trinajstić information content (AvgIpc) is 3.29. The highest BCUT2D eigenvalue weighted by molar-refractivity contribution is 5.93. The van der Waals surface area contributed by atoms with E-state index in [0.717, 1.165) is 22.0 Å². The maximum Gasteiger partial charge on any atom is 0.381 e. The number of halogens is 1. The van der Waals surface area contributed by atoms with E-state index in [0.29, 0.717) is 31.9 Å². The molecule has 0 radical (unpaired) electrons. The maximum absolute atomic E-state index is 13.4. The number of fused-ring (bicyclic) bond motifs is 1. The van der Waals surface area contributed by atoms with Crippen LogP contribution in [0.4, 0.5) is 10.2 Å². The first-order valence-electron chi connectivity index (χ1n) is 9.34. The number of hydrogen-bond acceptors (Lipinski definition) is 4. The van der Waals surface area contributed by atoms with Gasteiger partial charge in [0.25, 0.3) is 0 Å². The third-order valence-corrected chi connectivity index (χ3v) is 5.27. The number of nitro groups is 1. The van der Waals surface area contributed by atoms with Gasteiger partial charge in [-0.1, -0.05) is 6.08 Å². The summed E-state index contributed by atoms with van der Waals surface area (Å²) in [5, 5.41) is 11.8. The first-order chi connectivity index (χ1) is 13.9. The van der Waals surface area contributed by atoms with Crippen LogP contribution in [0.15, 0.2) is 36.7 Å². The summed E-state index contributed by atoms with van der Waals surface area (Å²) in [6.45, 7) is 3.14. The van der Waals surface area contributed by atoms with E-state index < -0.39 is 4.92 Å². The summed E-state index contributed by atoms with van der Waals surface area (Å²) in [6, 6.07) is 4.68. The van der Waals surface area contributed by atoms with Gasteiger partial charge in [-0.3, -0.25) is 4.79 Å². The average molecular weight is 397 g/mol. The molecule has 0 bridgehead atoms. The SMILES string of the molecule is Cc1nc([N+](=O)[O-])cn1CCC(=O)N1CC=C(c2c[nH]c3cc(F)ccc23)CC1. The number of carbonyl (C=O) groups excluding carboxylic acids is 1. The van der Waals surface area contributed by atoms with Crippen molar-refractivity contribution in [2.24, 2.45) is 0 Å². The summed E-state index contributed by atoms with van der Waals surface area (Å²) < 4.78 is 15.0. The molecule has 2 aromatic heterocycles. The van der Waals surface area contributed by atoms with Crippen LogP contribution in [-0.4, -0.2) is 43.4 Å². The first-order valence-corrected chi connectivity index (χ1v) is 9.34. The Morgan fingerprint density at radius 2 is 2.24 bits per heavy atom. The summed E-state index contributed by atoms with van der Waals surface area (Å²) in [7, 11) is 0. The zero-order valence-electron chi connectivity index (χ0n) is 15.9. The standard InChI is InChI=1S/C20H20FN5O3/c1-13-23-19(26(28)29)12-25(13)9-6-20(27)24-7-4-14(5-8-24)17-11-22-18-10-15(21)2-3-16(17)18/h2-4,10-12,22H,5-9H2,1H3. The number of rotatable bonds is 5. The number of hydrogen-bond donors (Lipinski definition) is 1. The van der Waals surface area contributed by atoms with Gasteiger partial charge in [-0.05, 0) is 40.1 Å². The first kappa shape index (κ1) is 18.9. The molecule has 4 rings (SSSR count). The van der Waals surface area contributed by atoms with Gasteiger partial charge in [0.2, 0.25) is 11.7 Å². The molecular weight excluding hydrogens is 377 g/mol. The molecule has 0 atom stereocenters. The minimum atomic E-state index is -0.540. The van der Waals surface area contributed by atoms with Crippen LogP contribution in [0.25, 0.3) is 16.5 Å². The Balaban J connectivity index is 1.40. The van der Waals surface area contributed by atoms with E-state index in [1.54, 1.807) is 22.5 Å². The molecule has 1 N–H and O–H groups in total. The second kappa shape index (κ2) is 7.50. The smallest absolute Gasteiger partial charge is 0.360 e. The Labute approximate surface area is 165 Å². The van der Waals surface area contributed by atoms with Crippen molar-refractivity contribution in [3.63, 3.8) is 0 Å². The minimum Gasteiger partial charge on any atom is -0.360 e. The van der Waals surface area contributed by atoms with Crippen molar-refractivity contribution in [3.05, 3.63) is 64.0 Å². The van der Waals surface area contributed by atoms with Crippen LogP contribution in [-0.2, 0) is 11.3 Å². The molecule has 3 aromatic rings. The number of H-pyrrole nitrogens is 1. The van der Waals surface area contributed by atoms with Crippen molar-refractivity contribution in [3.8, 4) is 0 Å². The molecule has 0 unspecified atom stereocenters. The normalized spacial score (nSPS) is 14.3. The molecule has 1 aromatic carbocycles. The summed E-state index contributed by atoms with van der Waals surface area (Å²) in [6.07, 6.45) is 6.23. The molecule has 1 aliphatic heterocycles. The quantitative estimate of drug-likeness (QED) is 0.527. The highest BCUT2D eigenvalue weighted by Gasteiger charge is 2.21. The number of carbonyl (C=O) groups is 1. The van der Waals surface area contributed by atoms with Crippen LogP contribution < -0.4 is 0 Å². The number of nitrogens with zero attached hydrogens (tertiary/aromatic N) is 4. The molecule has 8 nitrogen and oxygen atoms in total. The lowest BCUT2D eigenvalue weighted by Crippen LogP contribution is -2.35. The van der Waals surface area contributed by atoms with Crippen molar-refractivity contribution in [2.75, 3.05) is 13.1 Å². The third kappa shape index (κ3) is 3.75. The van der Waals surface area contributed by atoms with E-state index in [1.165, 1.54) is 18.3 Å². The highest BCUT2D eigenvalue weighted by Crippen LogP contribution is 2.29. The fourth-order valence-corrected chi connectivity index (χ4v) is 3.68. The van der Waals surface area contributed by atoms with Gasteiger partial charge in [0.15, 0.2) is 0 Å². The molecule has 3 heterocycles. The Morgan fingerprint density at radius 1 is 1.41 bits per heavy atom. The van der Waals surface area contributed by atoms with Gasteiger partial charge in [-0.25, -0.2) is 4.39 Å². The molecule has 0 fully saturated rings. The number of benzene rings is 1. The predicted molar refractivity (Wildman–Crippen MR) is 106 cm³/mol. The van der Waals surface area contributed by atoms with Gasteiger partial charge >= 0.3 is 5.82 Å². The summed E-state index contributed by atoms with van der Waals surface area (Å²) in [5.41, 5.74) is 2.92.